The van der Waals surface area contributed by atoms with Crippen LogP contribution in [0, 0.1) is 0 Å². The summed E-state index contributed by atoms with van der Waals surface area (Å²) in [7, 11) is 7.66. The van der Waals surface area contributed by atoms with Crippen molar-refractivity contribution in [2.24, 2.45) is 0 Å². The van der Waals surface area contributed by atoms with Gasteiger partial charge in [0.1, 0.15) is 0 Å². The van der Waals surface area contributed by atoms with Crippen LogP contribution in [-0.2, 0) is 4.74 Å². The van der Waals surface area contributed by atoms with Crippen LogP contribution in [-0.4, -0.2) is 51.2 Å². The molecule has 0 aliphatic heterocycles. The van der Waals surface area contributed by atoms with E-state index in [-0.39, 0.29) is 11.5 Å². The predicted octanol–water partition coefficient (Wildman–Crippen LogP) is 1.98. The molecule has 0 atom stereocenters. The first-order valence-corrected chi connectivity index (χ1v) is 7.26. The van der Waals surface area contributed by atoms with Gasteiger partial charge in [-0.15, -0.1) is 0 Å². The summed E-state index contributed by atoms with van der Waals surface area (Å²) in [5.41, 5.74) is 8.38. The molecule has 0 radical (unpaired) electrons. The molecule has 1 saturated carbocycles. The number of hydrogen-bond acceptors (Lipinski definition) is 5. The largest absolute Gasteiger partial charge is 0.465 e. The highest BCUT2D eigenvalue weighted by atomic mass is 16.5. The Morgan fingerprint density at radius 3 is 2.48 bits per heavy atom. The Balaban J connectivity index is 2.22. The molecule has 1 aliphatic rings. The predicted molar refractivity (Wildman–Crippen MR) is 85.7 cm³/mol. The summed E-state index contributed by atoms with van der Waals surface area (Å²) in [5.74, 6) is -0.337. The zero-order valence-electron chi connectivity index (χ0n) is 13.3. The lowest BCUT2D eigenvalue weighted by Gasteiger charge is -2.49. The molecule has 1 aromatic carbocycles. The minimum atomic E-state index is -0.337. The van der Waals surface area contributed by atoms with Crippen molar-refractivity contribution >= 4 is 17.3 Å². The highest BCUT2D eigenvalue weighted by molar-refractivity contribution is 5.92. The van der Waals surface area contributed by atoms with Gasteiger partial charge in [-0.2, -0.15) is 0 Å². The first-order valence-electron chi connectivity index (χ1n) is 7.26. The third-order valence-corrected chi connectivity index (χ3v) is 4.63. The molecule has 5 heteroatoms. The minimum Gasteiger partial charge on any atom is -0.465 e. The van der Waals surface area contributed by atoms with E-state index in [0.29, 0.717) is 11.3 Å². The first-order chi connectivity index (χ1) is 9.89. The molecule has 0 unspecified atom stereocenters. The Labute approximate surface area is 126 Å². The number of ether oxygens (including phenoxy) is 1. The SMILES string of the molecule is COC(=O)c1ccc(N)c(N(C)CC2(N(C)C)CCC2)c1. The van der Waals surface area contributed by atoms with E-state index in [4.69, 9.17) is 10.5 Å². The molecule has 0 spiro atoms. The van der Waals surface area contributed by atoms with E-state index < -0.39 is 0 Å². The van der Waals surface area contributed by atoms with Crippen molar-refractivity contribution in [2.75, 3.05) is 45.4 Å². The van der Waals surface area contributed by atoms with Crippen LogP contribution in [0.3, 0.4) is 0 Å². The zero-order chi connectivity index (χ0) is 15.6. The lowest BCUT2D eigenvalue weighted by Crippen LogP contribution is -2.56. The molecule has 1 fully saturated rings. The van der Waals surface area contributed by atoms with Gasteiger partial charge in [0.25, 0.3) is 0 Å². The number of nitrogens with two attached hydrogens (primary N) is 1. The molecule has 0 amide bonds. The number of nitrogen functional groups attached to an aromatic ring is 1. The highest BCUT2D eigenvalue weighted by Gasteiger charge is 2.40. The topological polar surface area (TPSA) is 58.8 Å². The summed E-state index contributed by atoms with van der Waals surface area (Å²) in [6.45, 7) is 0.898. The van der Waals surface area contributed by atoms with Gasteiger partial charge >= 0.3 is 5.97 Å². The Hall–Kier alpha value is -1.75. The maximum absolute atomic E-state index is 11.7. The number of likely N-dealkylation sites (N-methyl/N-ethyl adjacent to an activating group) is 2. The number of hydrogen-bond donors (Lipinski definition) is 1. The molecule has 2 N–H and O–H groups in total. The number of esters is 1. The fourth-order valence-corrected chi connectivity index (χ4v) is 2.98. The van der Waals surface area contributed by atoms with Gasteiger partial charge in [-0.25, -0.2) is 4.79 Å². The molecule has 0 aromatic heterocycles. The number of carbonyl (C=O) groups is 1. The second-order valence-electron chi connectivity index (χ2n) is 6.09. The molecule has 1 aromatic rings. The number of nitrogens with zero attached hydrogens (tertiary/aromatic N) is 2. The molecule has 0 bridgehead atoms. The van der Waals surface area contributed by atoms with Crippen LogP contribution in [0.4, 0.5) is 11.4 Å². The summed E-state index contributed by atoms with van der Waals surface area (Å²) in [4.78, 5) is 16.1. The van der Waals surface area contributed by atoms with Crippen molar-refractivity contribution in [3.63, 3.8) is 0 Å². The van der Waals surface area contributed by atoms with Gasteiger partial charge in [-0.1, -0.05) is 0 Å². The number of benzene rings is 1. The number of anilines is 2. The summed E-state index contributed by atoms with van der Waals surface area (Å²) in [6.07, 6.45) is 3.66. The third kappa shape index (κ3) is 2.97. The van der Waals surface area contributed by atoms with Gasteiger partial charge in [-0.05, 0) is 51.6 Å². The summed E-state index contributed by atoms with van der Waals surface area (Å²) < 4.78 is 4.78. The molecule has 5 nitrogen and oxygen atoms in total. The normalized spacial score (nSPS) is 16.4. The van der Waals surface area contributed by atoms with Crippen molar-refractivity contribution in [3.8, 4) is 0 Å². The lowest BCUT2D eigenvalue weighted by molar-refractivity contribution is 0.0600. The third-order valence-electron chi connectivity index (χ3n) is 4.63. The van der Waals surface area contributed by atoms with Gasteiger partial charge in [0, 0.05) is 19.1 Å². The van der Waals surface area contributed by atoms with E-state index in [0.717, 1.165) is 12.2 Å². The van der Waals surface area contributed by atoms with Gasteiger partial charge in [0.15, 0.2) is 0 Å². The van der Waals surface area contributed by atoms with Crippen LogP contribution < -0.4 is 10.6 Å². The van der Waals surface area contributed by atoms with Crippen molar-refractivity contribution < 1.29 is 9.53 Å². The molecule has 21 heavy (non-hydrogen) atoms. The van der Waals surface area contributed by atoms with Crippen molar-refractivity contribution in [2.45, 2.75) is 24.8 Å². The molecular weight excluding hydrogens is 266 g/mol. The molecule has 116 valence electrons. The van der Waals surface area contributed by atoms with Crippen LogP contribution in [0.2, 0.25) is 0 Å². The van der Waals surface area contributed by atoms with E-state index in [9.17, 15) is 4.79 Å². The van der Waals surface area contributed by atoms with Gasteiger partial charge in [0.05, 0.1) is 24.0 Å². The number of carbonyl (C=O) groups excluding carboxylic acids is 1. The molecule has 0 heterocycles. The Morgan fingerprint density at radius 2 is 2.00 bits per heavy atom. The minimum absolute atomic E-state index is 0.211. The Kier molecular flexibility index (Phi) is 4.42. The zero-order valence-corrected chi connectivity index (χ0v) is 13.3. The Morgan fingerprint density at radius 1 is 1.33 bits per heavy atom. The summed E-state index contributed by atoms with van der Waals surface area (Å²) in [6, 6.07) is 5.27. The molecule has 1 aliphatic carbocycles. The van der Waals surface area contributed by atoms with Crippen molar-refractivity contribution in [3.05, 3.63) is 23.8 Å². The average Bonchev–Trinajstić information content (AvgIpc) is 2.41. The van der Waals surface area contributed by atoms with E-state index in [1.165, 1.54) is 26.4 Å². The second kappa shape index (κ2) is 5.93. The van der Waals surface area contributed by atoms with Crippen molar-refractivity contribution in [1.29, 1.82) is 0 Å². The summed E-state index contributed by atoms with van der Waals surface area (Å²) >= 11 is 0. The van der Waals surface area contributed by atoms with E-state index in [1.54, 1.807) is 12.1 Å². The fraction of sp³-hybridized carbons (Fsp3) is 0.562. The highest BCUT2D eigenvalue weighted by Crippen LogP contribution is 2.38. The fourth-order valence-electron chi connectivity index (χ4n) is 2.98. The maximum Gasteiger partial charge on any atom is 0.337 e. The monoisotopic (exact) mass is 291 g/mol. The van der Waals surface area contributed by atoms with E-state index >= 15 is 0 Å². The molecular formula is C16H25N3O2. The summed E-state index contributed by atoms with van der Waals surface area (Å²) in [5, 5.41) is 0. The lowest BCUT2D eigenvalue weighted by atomic mass is 9.75. The quantitative estimate of drug-likeness (QED) is 0.664. The number of rotatable bonds is 5. The van der Waals surface area contributed by atoms with Crippen LogP contribution >= 0.6 is 0 Å². The molecule has 0 saturated heterocycles. The first kappa shape index (κ1) is 15.6. The van der Waals surface area contributed by atoms with Crippen molar-refractivity contribution in [1.82, 2.24) is 4.90 Å². The number of methoxy groups -OCH3 is 1. The van der Waals surface area contributed by atoms with E-state index in [1.807, 2.05) is 13.1 Å². The smallest absolute Gasteiger partial charge is 0.337 e. The van der Waals surface area contributed by atoms with Gasteiger partial charge in [-0.3, -0.25) is 0 Å². The van der Waals surface area contributed by atoms with Crippen LogP contribution in [0.1, 0.15) is 29.6 Å². The Bertz CT molecular complexity index is 524. The average molecular weight is 291 g/mol. The van der Waals surface area contributed by atoms with E-state index in [2.05, 4.69) is 23.9 Å². The van der Waals surface area contributed by atoms with Crippen LogP contribution in [0.25, 0.3) is 0 Å². The molecule has 2 rings (SSSR count). The van der Waals surface area contributed by atoms with Gasteiger partial charge < -0.3 is 20.3 Å². The maximum atomic E-state index is 11.7. The van der Waals surface area contributed by atoms with Crippen LogP contribution in [0.15, 0.2) is 18.2 Å². The second-order valence-corrected chi connectivity index (χ2v) is 6.09. The standard InChI is InChI=1S/C16H25N3O2/c1-18(2)16(8-5-9-16)11-19(3)14-10-12(15(20)21-4)6-7-13(14)17/h6-7,10H,5,8-9,11,17H2,1-4H3. The van der Waals surface area contributed by atoms with Crippen LogP contribution in [0.5, 0.6) is 0 Å². The van der Waals surface area contributed by atoms with Gasteiger partial charge in [0.2, 0.25) is 0 Å².